The Balaban J connectivity index is 0.000000773. The number of anilines is 2. The van der Waals surface area contributed by atoms with E-state index in [1.165, 1.54) is 26.0 Å². The van der Waals surface area contributed by atoms with Crippen molar-refractivity contribution in [2.75, 3.05) is 10.3 Å². The second-order valence-electron chi connectivity index (χ2n) is 4.55. The minimum Gasteiger partial charge on any atom is -0.478 e. The van der Waals surface area contributed by atoms with Crippen molar-refractivity contribution in [3.8, 4) is 0 Å². The molecule has 11 heteroatoms. The van der Waals surface area contributed by atoms with Crippen LogP contribution in [0.2, 0.25) is 0 Å². The summed E-state index contributed by atoms with van der Waals surface area (Å²) in [6.07, 6.45) is 0.111. The van der Waals surface area contributed by atoms with Crippen LogP contribution in [0, 0.1) is 0 Å². The van der Waals surface area contributed by atoms with Crippen molar-refractivity contribution in [3.63, 3.8) is 0 Å². The number of hydrogen-bond acceptors (Lipinski definition) is 9. The average molecular weight is 340 g/mol. The third-order valence-corrected chi connectivity index (χ3v) is 2.52. The zero-order valence-electron chi connectivity index (χ0n) is 13.3. The highest BCUT2D eigenvalue weighted by molar-refractivity contribution is 6.21. The van der Waals surface area contributed by atoms with Gasteiger partial charge in [0.05, 0.1) is 0 Å². The summed E-state index contributed by atoms with van der Waals surface area (Å²) in [5, 5.41) is 9.02. The van der Waals surface area contributed by atoms with Gasteiger partial charge in [-0.3, -0.25) is 21.3 Å². The van der Waals surface area contributed by atoms with Gasteiger partial charge in [-0.1, -0.05) is 0 Å². The van der Waals surface area contributed by atoms with Crippen LogP contribution in [0.15, 0.2) is 12.1 Å². The van der Waals surface area contributed by atoms with Crippen LogP contribution < -0.4 is 27.9 Å². The number of carbonyl (C=O) groups is 4. The number of carboxylic acids is 1. The van der Waals surface area contributed by atoms with Crippen LogP contribution in [-0.4, -0.2) is 33.7 Å². The van der Waals surface area contributed by atoms with Crippen LogP contribution >= 0.6 is 0 Å². The van der Waals surface area contributed by atoms with E-state index in [0.717, 1.165) is 4.90 Å². The number of rotatable bonds is 3. The van der Waals surface area contributed by atoms with Gasteiger partial charge in [0.15, 0.2) is 5.82 Å². The van der Waals surface area contributed by atoms with Crippen LogP contribution in [0.3, 0.4) is 0 Å². The van der Waals surface area contributed by atoms with Crippen LogP contribution in [0.25, 0.3) is 0 Å². The molecule has 24 heavy (non-hydrogen) atoms. The highest BCUT2D eigenvalue weighted by Gasteiger charge is 2.34. The summed E-state index contributed by atoms with van der Waals surface area (Å²) in [6, 6.07) is 2.58. The highest BCUT2D eigenvalue weighted by Crippen LogP contribution is 2.25. The first-order valence-corrected chi connectivity index (χ1v) is 6.65. The van der Waals surface area contributed by atoms with Crippen LogP contribution in [0.4, 0.5) is 11.6 Å². The third kappa shape index (κ3) is 5.72. The summed E-state index contributed by atoms with van der Waals surface area (Å²) in [6.45, 7) is 3.06. The zero-order valence-corrected chi connectivity index (χ0v) is 13.3. The number of ketones is 1. The first kappa shape index (κ1) is 21.1. The predicted molar refractivity (Wildman–Crippen MR) is 85.5 cm³/mol. The minimum atomic E-state index is -1.27. The zero-order chi connectivity index (χ0) is 18.9. The molecule has 1 aromatic rings. The van der Waals surface area contributed by atoms with Gasteiger partial charge in [0, 0.05) is 12.8 Å². The molecular formula is C13H20N6O5. The van der Waals surface area contributed by atoms with E-state index in [1.807, 2.05) is 0 Å². The number of carbonyl (C=O) groups excluding carboxylic acids is 3. The number of hydrogen-bond donors (Lipinski definition) is 5. The van der Waals surface area contributed by atoms with E-state index < -0.39 is 17.8 Å². The van der Waals surface area contributed by atoms with Crippen molar-refractivity contribution in [3.05, 3.63) is 17.7 Å². The Hall–Kier alpha value is -2.89. The minimum absolute atomic E-state index is 0.0554. The lowest BCUT2D eigenvalue weighted by molar-refractivity contribution is -0.121. The van der Waals surface area contributed by atoms with Gasteiger partial charge < -0.3 is 15.3 Å². The fourth-order valence-corrected chi connectivity index (χ4v) is 1.68. The summed E-state index contributed by atoms with van der Waals surface area (Å²) in [4.78, 5) is 48.3. The van der Waals surface area contributed by atoms with Crippen LogP contribution in [-0.2, 0) is 14.4 Å². The number of carboxylic acid groups (broad SMARTS) is 1. The number of Topliss-reactive ketones (excluding diaryl/α,β-unsaturated/α-hetero) is 1. The fraction of sp³-hybridized carbons (Fsp3) is 0.308. The molecule has 0 unspecified atom stereocenters. The Kier molecular flexibility index (Phi) is 8.79. The fourth-order valence-electron chi connectivity index (χ4n) is 1.68. The molecule has 1 aliphatic rings. The number of imide groups is 1. The average Bonchev–Trinajstić information content (AvgIpc) is 2.86. The SMILES string of the molecule is CC(C)=O.NN.NNc1ccc(C(=O)O)c(N2C(=O)CCC2=O)n1. The molecule has 1 aromatic heterocycles. The van der Waals surface area contributed by atoms with Crippen molar-refractivity contribution in [2.45, 2.75) is 26.7 Å². The molecule has 8 N–H and O–H groups in total. The molecule has 1 aliphatic heterocycles. The quantitative estimate of drug-likeness (QED) is 0.262. The first-order chi connectivity index (χ1) is 11.3. The van der Waals surface area contributed by atoms with E-state index in [2.05, 4.69) is 22.1 Å². The van der Waals surface area contributed by atoms with Gasteiger partial charge in [-0.2, -0.15) is 0 Å². The van der Waals surface area contributed by atoms with E-state index in [4.69, 9.17) is 10.9 Å². The number of pyridine rings is 1. The number of nitrogen functional groups attached to an aromatic ring is 1. The van der Waals surface area contributed by atoms with Crippen molar-refractivity contribution in [1.82, 2.24) is 4.98 Å². The first-order valence-electron chi connectivity index (χ1n) is 6.65. The Bertz CT molecular complexity index is 613. The molecule has 2 rings (SSSR count). The molecule has 2 amide bonds. The molecule has 0 bridgehead atoms. The molecule has 132 valence electrons. The number of amides is 2. The van der Waals surface area contributed by atoms with Gasteiger partial charge >= 0.3 is 5.97 Å². The third-order valence-electron chi connectivity index (χ3n) is 2.52. The molecule has 0 spiro atoms. The number of hydrazine groups is 2. The smallest absolute Gasteiger partial charge is 0.339 e. The molecule has 11 nitrogen and oxygen atoms in total. The summed E-state index contributed by atoms with van der Waals surface area (Å²) >= 11 is 0. The summed E-state index contributed by atoms with van der Waals surface area (Å²) in [7, 11) is 0. The summed E-state index contributed by atoms with van der Waals surface area (Å²) in [5.74, 6) is 11.1. The maximum atomic E-state index is 11.6. The largest absolute Gasteiger partial charge is 0.478 e. The van der Waals surface area contributed by atoms with E-state index in [9.17, 15) is 19.2 Å². The standard InChI is InChI=1S/C10H10N4O4.C3H6O.H4N2/c11-13-6-2-1-5(10(17)18)9(12-6)14-7(15)3-4-8(14)16;1-3(2)4;1-2/h1-2H,3-4,11H2,(H,12,13)(H,17,18);1-2H3;1-2H2. The molecular weight excluding hydrogens is 320 g/mol. The maximum absolute atomic E-state index is 11.6. The van der Waals surface area contributed by atoms with E-state index in [1.54, 1.807) is 0 Å². The Labute approximate surface area is 137 Å². The molecule has 1 fully saturated rings. The number of nitrogens with one attached hydrogen (secondary N) is 1. The van der Waals surface area contributed by atoms with Crippen molar-refractivity contribution < 1.29 is 24.3 Å². The number of nitrogens with two attached hydrogens (primary N) is 3. The monoisotopic (exact) mass is 340 g/mol. The van der Waals surface area contributed by atoms with Gasteiger partial charge in [0.25, 0.3) is 0 Å². The Morgan fingerprint density at radius 3 is 2.00 bits per heavy atom. The lowest BCUT2D eigenvalue weighted by Crippen LogP contribution is -2.31. The van der Waals surface area contributed by atoms with E-state index in [-0.39, 0.29) is 35.8 Å². The van der Waals surface area contributed by atoms with Crippen LogP contribution in [0.1, 0.15) is 37.0 Å². The Morgan fingerprint density at radius 1 is 1.17 bits per heavy atom. The maximum Gasteiger partial charge on any atom is 0.339 e. The van der Waals surface area contributed by atoms with Gasteiger partial charge in [-0.15, -0.1) is 0 Å². The van der Waals surface area contributed by atoms with Gasteiger partial charge in [-0.25, -0.2) is 20.5 Å². The van der Waals surface area contributed by atoms with Crippen LogP contribution in [0.5, 0.6) is 0 Å². The van der Waals surface area contributed by atoms with Gasteiger partial charge in [0.1, 0.15) is 17.2 Å². The molecule has 0 saturated carbocycles. The number of aromatic nitrogens is 1. The molecule has 1 saturated heterocycles. The number of aromatic carboxylic acids is 1. The number of nitrogens with zero attached hydrogens (tertiary/aromatic N) is 2. The molecule has 0 aromatic carbocycles. The topological polar surface area (TPSA) is 195 Å². The highest BCUT2D eigenvalue weighted by atomic mass is 16.4. The van der Waals surface area contributed by atoms with E-state index in [0.29, 0.717) is 0 Å². The van der Waals surface area contributed by atoms with Gasteiger partial charge in [-0.05, 0) is 26.0 Å². The molecule has 2 heterocycles. The van der Waals surface area contributed by atoms with Crippen molar-refractivity contribution in [2.24, 2.45) is 17.5 Å². The predicted octanol–water partition coefficient (Wildman–Crippen LogP) is -0.867. The lowest BCUT2D eigenvalue weighted by Gasteiger charge is -2.15. The Morgan fingerprint density at radius 2 is 1.62 bits per heavy atom. The normalized spacial score (nSPS) is 12.6. The lowest BCUT2D eigenvalue weighted by atomic mass is 10.2. The summed E-state index contributed by atoms with van der Waals surface area (Å²) in [5.41, 5.74) is 2.01. The van der Waals surface area contributed by atoms with Crippen molar-refractivity contribution >= 4 is 35.2 Å². The second-order valence-corrected chi connectivity index (χ2v) is 4.55. The van der Waals surface area contributed by atoms with E-state index >= 15 is 0 Å². The summed E-state index contributed by atoms with van der Waals surface area (Å²) < 4.78 is 0. The van der Waals surface area contributed by atoms with Crippen molar-refractivity contribution in [1.29, 1.82) is 0 Å². The second kappa shape index (κ2) is 9.99. The molecule has 0 radical (unpaired) electrons. The molecule has 0 aliphatic carbocycles. The van der Waals surface area contributed by atoms with Gasteiger partial charge in [0.2, 0.25) is 11.8 Å². The molecule has 0 atom stereocenters.